The summed E-state index contributed by atoms with van der Waals surface area (Å²) in [5.41, 5.74) is 0.802. The summed E-state index contributed by atoms with van der Waals surface area (Å²) in [6, 6.07) is 4.50. The number of non-ortho nitro benzene ring substituents is 1. The predicted molar refractivity (Wildman–Crippen MR) is 70.7 cm³/mol. The van der Waals surface area contributed by atoms with Crippen molar-refractivity contribution >= 4 is 33.3 Å². The Kier molecular flexibility index (Phi) is 5.08. The number of nitro groups is 1. The molecule has 0 atom stereocenters. The molecule has 0 amide bonds. The molecule has 0 unspecified atom stereocenters. The van der Waals surface area contributed by atoms with Crippen molar-refractivity contribution in [2.45, 2.75) is 6.42 Å². The van der Waals surface area contributed by atoms with Crippen molar-refractivity contribution in [1.82, 2.24) is 0 Å². The predicted octanol–water partition coefficient (Wildman–Crippen LogP) is 2.36. The highest BCUT2D eigenvalue weighted by molar-refractivity contribution is 9.10. The molecule has 0 radical (unpaired) electrons. The van der Waals surface area contributed by atoms with E-state index >= 15 is 0 Å². The van der Waals surface area contributed by atoms with Gasteiger partial charge in [-0.3, -0.25) is 14.9 Å². The maximum Gasteiger partial charge on any atom is 0.307 e. The van der Waals surface area contributed by atoms with Crippen molar-refractivity contribution in [2.24, 2.45) is 0 Å². The van der Waals surface area contributed by atoms with Crippen LogP contribution in [0, 0.1) is 10.1 Å². The molecule has 0 aliphatic rings. The van der Waals surface area contributed by atoms with Crippen LogP contribution in [-0.4, -0.2) is 31.6 Å². The molecule has 6 nitrogen and oxygen atoms in total. The summed E-state index contributed by atoms with van der Waals surface area (Å²) in [6.07, 6.45) is 0.260. The van der Waals surface area contributed by atoms with Crippen molar-refractivity contribution < 1.29 is 14.5 Å². The average Bonchev–Trinajstić information content (AvgIpc) is 2.35. The lowest BCUT2D eigenvalue weighted by Gasteiger charge is -2.19. The van der Waals surface area contributed by atoms with Crippen molar-refractivity contribution in [3.05, 3.63) is 32.8 Å². The molecule has 0 aromatic heterocycles. The second kappa shape index (κ2) is 6.34. The van der Waals surface area contributed by atoms with Crippen molar-refractivity contribution in [1.29, 1.82) is 0 Å². The highest BCUT2D eigenvalue weighted by atomic mass is 79.9. The number of nitro benzene ring substituents is 1. The van der Waals surface area contributed by atoms with Crippen LogP contribution in [0.25, 0.3) is 0 Å². The van der Waals surface area contributed by atoms with Crippen LogP contribution < -0.4 is 4.90 Å². The second-order valence-corrected chi connectivity index (χ2v) is 4.49. The first-order valence-electron chi connectivity index (χ1n) is 5.17. The number of halogens is 1. The molecule has 0 aliphatic carbocycles. The Balaban J connectivity index is 2.77. The molecule has 1 aromatic carbocycles. The molecule has 0 aliphatic heterocycles. The molecule has 18 heavy (non-hydrogen) atoms. The van der Waals surface area contributed by atoms with Gasteiger partial charge in [0.1, 0.15) is 0 Å². The number of carbonyl (C=O) groups excluding carboxylic acids is 1. The van der Waals surface area contributed by atoms with Crippen LogP contribution in [-0.2, 0) is 9.53 Å². The van der Waals surface area contributed by atoms with Crippen molar-refractivity contribution in [3.8, 4) is 0 Å². The number of ether oxygens (including phenoxy) is 1. The van der Waals surface area contributed by atoms with Gasteiger partial charge in [-0.1, -0.05) is 0 Å². The van der Waals surface area contributed by atoms with E-state index in [-0.39, 0.29) is 18.1 Å². The zero-order valence-electron chi connectivity index (χ0n) is 10.1. The maximum absolute atomic E-state index is 11.0. The molecule has 7 heteroatoms. The van der Waals surface area contributed by atoms with Crippen LogP contribution in [0.15, 0.2) is 22.7 Å². The van der Waals surface area contributed by atoms with Gasteiger partial charge in [0.05, 0.1) is 24.1 Å². The van der Waals surface area contributed by atoms with Gasteiger partial charge in [-0.25, -0.2) is 0 Å². The normalized spacial score (nSPS) is 9.94. The van der Waals surface area contributed by atoms with Gasteiger partial charge in [0.25, 0.3) is 5.69 Å². The van der Waals surface area contributed by atoms with Crippen molar-refractivity contribution in [2.75, 3.05) is 25.6 Å². The first-order valence-corrected chi connectivity index (χ1v) is 5.97. The molecule has 1 rings (SSSR count). The van der Waals surface area contributed by atoms with E-state index in [1.54, 1.807) is 13.1 Å². The lowest BCUT2D eigenvalue weighted by atomic mass is 10.2. The third kappa shape index (κ3) is 3.69. The van der Waals surface area contributed by atoms with Gasteiger partial charge in [0, 0.05) is 30.2 Å². The SMILES string of the molecule is COC(=O)CCN(C)c1ccc([N+](=O)[O-])cc1Br. The van der Waals surface area contributed by atoms with E-state index < -0.39 is 4.92 Å². The third-order valence-corrected chi connectivity index (χ3v) is 3.07. The first-order chi connectivity index (χ1) is 8.45. The number of rotatable bonds is 5. The number of methoxy groups -OCH3 is 1. The molecular formula is C11H13BrN2O4. The molecular weight excluding hydrogens is 304 g/mol. The molecule has 0 heterocycles. The molecule has 0 N–H and O–H groups in total. The molecule has 98 valence electrons. The Bertz CT molecular complexity index is 464. The van der Waals surface area contributed by atoms with E-state index in [9.17, 15) is 14.9 Å². The lowest BCUT2D eigenvalue weighted by molar-refractivity contribution is -0.384. The Morgan fingerprint density at radius 2 is 2.22 bits per heavy atom. The van der Waals surface area contributed by atoms with E-state index in [0.29, 0.717) is 11.0 Å². The minimum Gasteiger partial charge on any atom is -0.469 e. The van der Waals surface area contributed by atoms with Crippen LogP contribution in [0.3, 0.4) is 0 Å². The number of carbonyl (C=O) groups is 1. The molecule has 0 bridgehead atoms. The number of hydrogen-bond acceptors (Lipinski definition) is 5. The van der Waals surface area contributed by atoms with Gasteiger partial charge in [-0.15, -0.1) is 0 Å². The van der Waals surface area contributed by atoms with E-state index in [4.69, 9.17) is 0 Å². The van der Waals surface area contributed by atoms with Crippen LogP contribution in [0.2, 0.25) is 0 Å². The minimum absolute atomic E-state index is 0.0204. The quantitative estimate of drug-likeness (QED) is 0.473. The van der Waals surface area contributed by atoms with Gasteiger partial charge in [0.15, 0.2) is 0 Å². The van der Waals surface area contributed by atoms with Gasteiger partial charge >= 0.3 is 5.97 Å². The number of anilines is 1. The highest BCUT2D eigenvalue weighted by Crippen LogP contribution is 2.29. The molecule has 1 aromatic rings. The third-order valence-electron chi connectivity index (χ3n) is 2.43. The van der Waals surface area contributed by atoms with E-state index in [0.717, 1.165) is 5.69 Å². The number of esters is 1. The maximum atomic E-state index is 11.0. The summed E-state index contributed by atoms with van der Waals surface area (Å²) < 4.78 is 5.17. The summed E-state index contributed by atoms with van der Waals surface area (Å²) >= 11 is 3.28. The van der Waals surface area contributed by atoms with Crippen LogP contribution in [0.4, 0.5) is 11.4 Å². The fourth-order valence-electron chi connectivity index (χ4n) is 1.40. The van der Waals surface area contributed by atoms with Crippen LogP contribution in [0.1, 0.15) is 6.42 Å². The van der Waals surface area contributed by atoms with E-state index in [1.807, 2.05) is 4.90 Å². The summed E-state index contributed by atoms with van der Waals surface area (Å²) in [4.78, 5) is 23.0. The van der Waals surface area contributed by atoms with Gasteiger partial charge in [-0.2, -0.15) is 0 Å². The Labute approximate surface area is 113 Å². The largest absolute Gasteiger partial charge is 0.469 e. The number of nitrogens with zero attached hydrogens (tertiary/aromatic N) is 2. The fourth-order valence-corrected chi connectivity index (χ4v) is 2.07. The van der Waals surface area contributed by atoms with Crippen LogP contribution >= 0.6 is 15.9 Å². The number of benzene rings is 1. The second-order valence-electron chi connectivity index (χ2n) is 3.64. The Morgan fingerprint density at radius 3 is 2.72 bits per heavy atom. The standard InChI is InChI=1S/C11H13BrN2O4/c1-13(6-5-11(15)18-2)10-4-3-8(14(16)17)7-9(10)12/h3-4,7H,5-6H2,1-2H3. The highest BCUT2D eigenvalue weighted by Gasteiger charge is 2.12. The summed E-state index contributed by atoms with van der Waals surface area (Å²) in [6.45, 7) is 0.475. The summed E-state index contributed by atoms with van der Waals surface area (Å²) in [7, 11) is 3.14. The smallest absolute Gasteiger partial charge is 0.307 e. The minimum atomic E-state index is -0.455. The Hall–Kier alpha value is -1.63. The van der Waals surface area contributed by atoms with E-state index in [1.165, 1.54) is 19.2 Å². The summed E-state index contributed by atoms with van der Waals surface area (Å²) in [5.74, 6) is -0.292. The summed E-state index contributed by atoms with van der Waals surface area (Å²) in [5, 5.41) is 10.6. The van der Waals surface area contributed by atoms with E-state index in [2.05, 4.69) is 20.7 Å². The fraction of sp³-hybridized carbons (Fsp3) is 0.364. The van der Waals surface area contributed by atoms with Gasteiger partial charge in [0.2, 0.25) is 0 Å². The lowest BCUT2D eigenvalue weighted by Crippen LogP contribution is -2.21. The molecule has 0 saturated carbocycles. The first kappa shape index (κ1) is 14.4. The monoisotopic (exact) mass is 316 g/mol. The van der Waals surface area contributed by atoms with Gasteiger partial charge in [-0.05, 0) is 22.0 Å². The Morgan fingerprint density at radius 1 is 1.56 bits per heavy atom. The van der Waals surface area contributed by atoms with Crippen LogP contribution in [0.5, 0.6) is 0 Å². The topological polar surface area (TPSA) is 72.7 Å². The van der Waals surface area contributed by atoms with Gasteiger partial charge < -0.3 is 9.64 Å². The molecule has 0 saturated heterocycles. The van der Waals surface area contributed by atoms with Crippen molar-refractivity contribution in [3.63, 3.8) is 0 Å². The zero-order valence-corrected chi connectivity index (χ0v) is 11.6. The molecule has 0 spiro atoms. The average molecular weight is 317 g/mol. The number of hydrogen-bond donors (Lipinski definition) is 0. The molecule has 0 fully saturated rings. The zero-order chi connectivity index (χ0) is 13.7.